The van der Waals surface area contributed by atoms with Crippen LogP contribution >= 0.6 is 0 Å². The van der Waals surface area contributed by atoms with Crippen molar-refractivity contribution in [2.24, 2.45) is 5.92 Å². The Labute approximate surface area is 113 Å². The lowest BCUT2D eigenvalue weighted by molar-refractivity contribution is -0.121. The van der Waals surface area contributed by atoms with Gasteiger partial charge in [0.15, 0.2) is 0 Å². The van der Waals surface area contributed by atoms with Gasteiger partial charge in [0.05, 0.1) is 6.54 Å². The van der Waals surface area contributed by atoms with Gasteiger partial charge >= 0.3 is 0 Å². The van der Waals surface area contributed by atoms with Gasteiger partial charge in [0, 0.05) is 19.1 Å². The van der Waals surface area contributed by atoms with Crippen LogP contribution in [-0.2, 0) is 4.79 Å². The summed E-state index contributed by atoms with van der Waals surface area (Å²) in [7, 11) is 0. The summed E-state index contributed by atoms with van der Waals surface area (Å²) in [6.07, 6.45) is 1.18. The van der Waals surface area contributed by atoms with Crippen LogP contribution < -0.4 is 10.6 Å². The van der Waals surface area contributed by atoms with Crippen LogP contribution in [0.3, 0.4) is 0 Å². The van der Waals surface area contributed by atoms with E-state index in [0.29, 0.717) is 12.5 Å². The zero-order chi connectivity index (χ0) is 14.0. The molecule has 1 amide bonds. The van der Waals surface area contributed by atoms with Crippen molar-refractivity contribution < 1.29 is 4.79 Å². The van der Waals surface area contributed by atoms with Crippen molar-refractivity contribution in [2.75, 3.05) is 32.7 Å². The summed E-state index contributed by atoms with van der Waals surface area (Å²) in [5.74, 6) is 0.573. The molecular weight excluding hydrogens is 226 g/mol. The number of hydrogen-bond acceptors (Lipinski definition) is 3. The lowest BCUT2D eigenvalue weighted by Crippen LogP contribution is -2.42. The monoisotopic (exact) mass is 257 g/mol. The first kappa shape index (κ1) is 17.4. The molecule has 0 aliphatic carbocycles. The molecule has 0 aromatic carbocycles. The third-order valence-electron chi connectivity index (χ3n) is 3.27. The SMILES string of the molecule is CCCN(CC)CCNCC(=O)NC(C)C(C)C. The van der Waals surface area contributed by atoms with Gasteiger partial charge in [-0.1, -0.05) is 27.7 Å². The molecule has 0 aromatic rings. The van der Waals surface area contributed by atoms with Crippen molar-refractivity contribution in [1.29, 1.82) is 0 Å². The molecule has 0 saturated heterocycles. The number of carbonyl (C=O) groups excluding carboxylic acids is 1. The lowest BCUT2D eigenvalue weighted by atomic mass is 10.1. The number of nitrogens with one attached hydrogen (secondary N) is 2. The largest absolute Gasteiger partial charge is 0.352 e. The molecular formula is C14H31N3O. The molecule has 1 unspecified atom stereocenters. The van der Waals surface area contributed by atoms with Gasteiger partial charge < -0.3 is 15.5 Å². The van der Waals surface area contributed by atoms with Crippen LogP contribution in [0.25, 0.3) is 0 Å². The van der Waals surface area contributed by atoms with Crippen LogP contribution in [0.15, 0.2) is 0 Å². The second-order valence-electron chi connectivity index (χ2n) is 5.21. The van der Waals surface area contributed by atoms with E-state index in [4.69, 9.17) is 0 Å². The number of likely N-dealkylation sites (N-methyl/N-ethyl adjacent to an activating group) is 1. The smallest absolute Gasteiger partial charge is 0.234 e. The molecule has 18 heavy (non-hydrogen) atoms. The highest BCUT2D eigenvalue weighted by Crippen LogP contribution is 1.98. The van der Waals surface area contributed by atoms with Gasteiger partial charge in [-0.05, 0) is 32.4 Å². The molecule has 1 atom stereocenters. The summed E-state index contributed by atoms with van der Waals surface area (Å²) in [6, 6.07) is 0.242. The van der Waals surface area contributed by atoms with Crippen molar-refractivity contribution in [3.8, 4) is 0 Å². The Kier molecular flexibility index (Phi) is 9.98. The van der Waals surface area contributed by atoms with Gasteiger partial charge in [-0.3, -0.25) is 4.79 Å². The Bertz CT molecular complexity index is 219. The Balaban J connectivity index is 3.62. The Morgan fingerprint density at radius 1 is 1.17 bits per heavy atom. The minimum Gasteiger partial charge on any atom is -0.352 e. The molecule has 0 aliphatic rings. The molecule has 0 spiro atoms. The minimum atomic E-state index is 0.0924. The van der Waals surface area contributed by atoms with Crippen molar-refractivity contribution >= 4 is 5.91 Å². The third-order valence-corrected chi connectivity index (χ3v) is 3.27. The summed E-state index contributed by atoms with van der Waals surface area (Å²) >= 11 is 0. The van der Waals surface area contributed by atoms with E-state index in [9.17, 15) is 4.79 Å². The van der Waals surface area contributed by atoms with E-state index in [1.807, 2.05) is 6.92 Å². The molecule has 0 radical (unpaired) electrons. The quantitative estimate of drug-likeness (QED) is 0.583. The van der Waals surface area contributed by atoms with Gasteiger partial charge in [-0.25, -0.2) is 0 Å². The van der Waals surface area contributed by atoms with E-state index >= 15 is 0 Å². The standard InChI is InChI=1S/C14H31N3O/c1-6-9-17(7-2)10-8-15-11-14(18)16-13(5)12(3)4/h12-13,15H,6-11H2,1-5H3,(H,16,18). The Morgan fingerprint density at radius 3 is 2.33 bits per heavy atom. The normalized spacial score (nSPS) is 13.1. The van der Waals surface area contributed by atoms with Gasteiger partial charge in [-0.2, -0.15) is 0 Å². The number of amides is 1. The summed E-state index contributed by atoms with van der Waals surface area (Å²) in [6.45, 7) is 15.1. The van der Waals surface area contributed by atoms with Crippen LogP contribution in [0, 0.1) is 5.92 Å². The van der Waals surface area contributed by atoms with Gasteiger partial charge in [0.2, 0.25) is 5.91 Å². The summed E-state index contributed by atoms with van der Waals surface area (Å²) in [4.78, 5) is 14.0. The van der Waals surface area contributed by atoms with Gasteiger partial charge in [-0.15, -0.1) is 0 Å². The lowest BCUT2D eigenvalue weighted by Gasteiger charge is -2.20. The van der Waals surface area contributed by atoms with E-state index in [2.05, 4.69) is 43.2 Å². The van der Waals surface area contributed by atoms with Crippen LogP contribution in [0.5, 0.6) is 0 Å². The van der Waals surface area contributed by atoms with E-state index in [1.54, 1.807) is 0 Å². The summed E-state index contributed by atoms with van der Waals surface area (Å²) in [5.41, 5.74) is 0. The maximum Gasteiger partial charge on any atom is 0.234 e. The maximum absolute atomic E-state index is 11.6. The second-order valence-corrected chi connectivity index (χ2v) is 5.21. The molecule has 0 aromatic heterocycles. The van der Waals surface area contributed by atoms with Crippen molar-refractivity contribution in [3.05, 3.63) is 0 Å². The van der Waals surface area contributed by atoms with E-state index < -0.39 is 0 Å². The first-order valence-corrected chi connectivity index (χ1v) is 7.23. The molecule has 0 bridgehead atoms. The van der Waals surface area contributed by atoms with Crippen LogP contribution in [0.1, 0.15) is 41.0 Å². The van der Waals surface area contributed by atoms with Crippen LogP contribution in [0.4, 0.5) is 0 Å². The topological polar surface area (TPSA) is 44.4 Å². The van der Waals surface area contributed by atoms with Crippen LogP contribution in [-0.4, -0.2) is 49.6 Å². The highest BCUT2D eigenvalue weighted by Gasteiger charge is 2.10. The molecule has 0 fully saturated rings. The number of rotatable bonds is 10. The van der Waals surface area contributed by atoms with Gasteiger partial charge in [0.25, 0.3) is 0 Å². The predicted octanol–water partition coefficient (Wildman–Crippen LogP) is 1.47. The Morgan fingerprint density at radius 2 is 1.83 bits per heavy atom. The predicted molar refractivity (Wildman–Crippen MR) is 77.7 cm³/mol. The van der Waals surface area contributed by atoms with Gasteiger partial charge in [0.1, 0.15) is 0 Å². The molecule has 0 saturated carbocycles. The van der Waals surface area contributed by atoms with E-state index in [0.717, 1.165) is 26.2 Å². The van der Waals surface area contributed by atoms with E-state index in [1.165, 1.54) is 6.42 Å². The maximum atomic E-state index is 11.6. The molecule has 2 N–H and O–H groups in total. The summed E-state index contributed by atoms with van der Waals surface area (Å²) in [5, 5.41) is 6.19. The number of carbonyl (C=O) groups is 1. The average molecular weight is 257 g/mol. The first-order valence-electron chi connectivity index (χ1n) is 7.23. The minimum absolute atomic E-state index is 0.0924. The summed E-state index contributed by atoms with van der Waals surface area (Å²) < 4.78 is 0. The molecule has 0 heterocycles. The fraction of sp³-hybridized carbons (Fsp3) is 0.929. The zero-order valence-electron chi connectivity index (χ0n) is 12.8. The fourth-order valence-electron chi connectivity index (χ4n) is 1.65. The average Bonchev–Trinajstić information content (AvgIpc) is 2.32. The highest BCUT2D eigenvalue weighted by molar-refractivity contribution is 5.78. The molecule has 4 nitrogen and oxygen atoms in total. The number of hydrogen-bond donors (Lipinski definition) is 2. The van der Waals surface area contributed by atoms with Crippen LogP contribution in [0.2, 0.25) is 0 Å². The Hall–Kier alpha value is -0.610. The third kappa shape index (κ3) is 8.48. The molecule has 4 heteroatoms. The number of nitrogens with zero attached hydrogens (tertiary/aromatic N) is 1. The molecule has 0 aliphatic heterocycles. The van der Waals surface area contributed by atoms with E-state index in [-0.39, 0.29) is 11.9 Å². The molecule has 108 valence electrons. The highest BCUT2D eigenvalue weighted by atomic mass is 16.1. The van der Waals surface area contributed by atoms with Crippen molar-refractivity contribution in [1.82, 2.24) is 15.5 Å². The second kappa shape index (κ2) is 10.3. The van der Waals surface area contributed by atoms with Crippen molar-refractivity contribution in [2.45, 2.75) is 47.1 Å². The van der Waals surface area contributed by atoms with Crippen molar-refractivity contribution in [3.63, 3.8) is 0 Å². The zero-order valence-corrected chi connectivity index (χ0v) is 12.8. The first-order chi connectivity index (χ1) is 8.51. The fourth-order valence-corrected chi connectivity index (χ4v) is 1.65. The molecule has 0 rings (SSSR count).